The van der Waals surface area contributed by atoms with Crippen LogP contribution in [0.1, 0.15) is 16.2 Å². The summed E-state index contributed by atoms with van der Waals surface area (Å²) >= 11 is 0. The third-order valence-corrected chi connectivity index (χ3v) is 2.69. The highest BCUT2D eigenvalue weighted by Crippen LogP contribution is 2.16. The normalized spacial score (nSPS) is 10.1. The molecule has 18 heavy (non-hydrogen) atoms. The van der Waals surface area contributed by atoms with Gasteiger partial charge in [-0.3, -0.25) is 0 Å². The van der Waals surface area contributed by atoms with E-state index >= 15 is 0 Å². The van der Waals surface area contributed by atoms with Crippen molar-refractivity contribution in [3.63, 3.8) is 0 Å². The van der Waals surface area contributed by atoms with E-state index in [0.29, 0.717) is 12.1 Å². The lowest BCUT2D eigenvalue weighted by Crippen LogP contribution is -2.10. The van der Waals surface area contributed by atoms with Crippen LogP contribution in [0.5, 0.6) is 0 Å². The Bertz CT molecular complexity index is 549. The van der Waals surface area contributed by atoms with Gasteiger partial charge >= 0.3 is 5.97 Å². The predicted molar refractivity (Wildman–Crippen MR) is 68.3 cm³/mol. The number of aryl methyl sites for hydroxylation is 1. The maximum absolute atomic E-state index is 11.6. The highest BCUT2D eigenvalue weighted by molar-refractivity contribution is 5.95. The maximum Gasteiger partial charge on any atom is 0.339 e. The first-order chi connectivity index (χ1) is 8.72. The zero-order chi connectivity index (χ0) is 13.0. The molecule has 1 N–H and O–H groups in total. The monoisotopic (exact) mass is 245 g/mol. The molecule has 1 aromatic heterocycles. The Morgan fingerprint density at radius 1 is 1.44 bits per heavy atom. The molecule has 5 heteroatoms. The van der Waals surface area contributed by atoms with E-state index in [4.69, 9.17) is 4.74 Å². The molecule has 0 radical (unpaired) electrons. The first kappa shape index (κ1) is 12.2. The first-order valence-electron chi connectivity index (χ1n) is 5.60. The first-order valence-corrected chi connectivity index (χ1v) is 5.60. The van der Waals surface area contributed by atoms with Crippen LogP contribution >= 0.6 is 0 Å². The molecule has 0 atom stereocenters. The van der Waals surface area contributed by atoms with Crippen molar-refractivity contribution in [3.8, 4) is 0 Å². The van der Waals surface area contributed by atoms with Crippen molar-refractivity contribution in [1.82, 2.24) is 9.55 Å². The molecular weight excluding hydrogens is 230 g/mol. The lowest BCUT2D eigenvalue weighted by molar-refractivity contribution is 0.0602. The third-order valence-electron chi connectivity index (χ3n) is 2.69. The molecule has 0 unspecified atom stereocenters. The Hall–Kier alpha value is -2.30. The van der Waals surface area contributed by atoms with Crippen LogP contribution in [0.15, 0.2) is 36.7 Å². The number of imidazole rings is 1. The molecule has 0 saturated heterocycles. The average molecular weight is 245 g/mol. The summed E-state index contributed by atoms with van der Waals surface area (Å²) < 4.78 is 6.66. The smallest absolute Gasteiger partial charge is 0.339 e. The van der Waals surface area contributed by atoms with E-state index in [1.165, 1.54) is 7.11 Å². The van der Waals surface area contributed by atoms with Crippen molar-refractivity contribution in [2.24, 2.45) is 7.05 Å². The second-order valence-corrected chi connectivity index (χ2v) is 3.85. The van der Waals surface area contributed by atoms with Gasteiger partial charge in [0.1, 0.15) is 5.82 Å². The lowest BCUT2D eigenvalue weighted by Gasteiger charge is -2.10. The summed E-state index contributed by atoms with van der Waals surface area (Å²) in [6.45, 7) is 0.553. The van der Waals surface area contributed by atoms with Gasteiger partial charge in [-0.2, -0.15) is 0 Å². The van der Waals surface area contributed by atoms with E-state index in [2.05, 4.69) is 10.3 Å². The number of hydrogen-bond acceptors (Lipinski definition) is 4. The SMILES string of the molecule is COC(=O)c1ccccc1NCc1nccn1C. The maximum atomic E-state index is 11.6. The van der Waals surface area contributed by atoms with Crippen molar-refractivity contribution in [1.29, 1.82) is 0 Å². The highest BCUT2D eigenvalue weighted by atomic mass is 16.5. The van der Waals surface area contributed by atoms with E-state index in [1.54, 1.807) is 18.3 Å². The summed E-state index contributed by atoms with van der Waals surface area (Å²) in [7, 11) is 3.30. The minimum Gasteiger partial charge on any atom is -0.465 e. The number of aromatic nitrogens is 2. The number of carbonyl (C=O) groups is 1. The number of benzene rings is 1. The van der Waals surface area contributed by atoms with E-state index < -0.39 is 0 Å². The Balaban J connectivity index is 2.14. The zero-order valence-corrected chi connectivity index (χ0v) is 10.4. The summed E-state index contributed by atoms with van der Waals surface area (Å²) in [4.78, 5) is 15.8. The molecule has 1 aromatic carbocycles. The Morgan fingerprint density at radius 3 is 2.89 bits per heavy atom. The molecular formula is C13H15N3O2. The molecule has 0 aliphatic heterocycles. The van der Waals surface area contributed by atoms with Crippen molar-refractivity contribution in [2.45, 2.75) is 6.54 Å². The molecule has 1 heterocycles. The summed E-state index contributed by atoms with van der Waals surface area (Å²) in [5.74, 6) is 0.549. The molecule has 0 amide bonds. The van der Waals surface area contributed by atoms with Gasteiger partial charge in [-0.05, 0) is 12.1 Å². The summed E-state index contributed by atoms with van der Waals surface area (Å²) in [6, 6.07) is 7.24. The third kappa shape index (κ3) is 2.51. The standard InChI is InChI=1S/C13H15N3O2/c1-16-8-7-14-12(16)9-15-11-6-4-3-5-10(11)13(17)18-2/h3-8,15H,9H2,1-2H3. The molecule has 0 bridgehead atoms. The fourth-order valence-corrected chi connectivity index (χ4v) is 1.67. The summed E-state index contributed by atoms with van der Waals surface area (Å²) in [5.41, 5.74) is 1.27. The van der Waals surface area contributed by atoms with E-state index in [1.807, 2.05) is 29.9 Å². The van der Waals surface area contributed by atoms with Gasteiger partial charge in [0.2, 0.25) is 0 Å². The van der Waals surface area contributed by atoms with Gasteiger partial charge < -0.3 is 14.6 Å². The number of carbonyl (C=O) groups excluding carboxylic acids is 1. The molecule has 5 nitrogen and oxygen atoms in total. The molecule has 0 saturated carbocycles. The zero-order valence-electron chi connectivity index (χ0n) is 10.4. The number of anilines is 1. The largest absolute Gasteiger partial charge is 0.465 e. The van der Waals surface area contributed by atoms with Gasteiger partial charge in [0, 0.05) is 25.1 Å². The average Bonchev–Trinajstić information content (AvgIpc) is 2.81. The Morgan fingerprint density at radius 2 is 2.22 bits per heavy atom. The number of rotatable bonds is 4. The molecule has 2 aromatic rings. The molecule has 0 fully saturated rings. The van der Waals surface area contributed by atoms with Crippen LogP contribution in [-0.2, 0) is 18.3 Å². The topological polar surface area (TPSA) is 56.1 Å². The van der Waals surface area contributed by atoms with Crippen molar-refractivity contribution < 1.29 is 9.53 Å². The molecule has 0 aliphatic rings. The highest BCUT2D eigenvalue weighted by Gasteiger charge is 2.10. The van der Waals surface area contributed by atoms with E-state index in [9.17, 15) is 4.79 Å². The number of para-hydroxylation sites is 1. The van der Waals surface area contributed by atoms with Gasteiger partial charge in [0.25, 0.3) is 0 Å². The number of ether oxygens (including phenoxy) is 1. The van der Waals surface area contributed by atoms with E-state index in [0.717, 1.165) is 11.5 Å². The van der Waals surface area contributed by atoms with Crippen LogP contribution < -0.4 is 5.32 Å². The van der Waals surface area contributed by atoms with Crippen LogP contribution in [0.2, 0.25) is 0 Å². The van der Waals surface area contributed by atoms with Gasteiger partial charge in [-0.25, -0.2) is 9.78 Å². The van der Waals surface area contributed by atoms with Crippen LogP contribution in [0.25, 0.3) is 0 Å². The number of esters is 1. The fraction of sp³-hybridized carbons (Fsp3) is 0.231. The second kappa shape index (κ2) is 5.35. The van der Waals surface area contributed by atoms with Crippen molar-refractivity contribution in [2.75, 3.05) is 12.4 Å². The number of hydrogen-bond donors (Lipinski definition) is 1. The van der Waals surface area contributed by atoms with Crippen molar-refractivity contribution >= 4 is 11.7 Å². The summed E-state index contributed by atoms with van der Waals surface area (Å²) in [5, 5.41) is 3.19. The summed E-state index contributed by atoms with van der Waals surface area (Å²) in [6.07, 6.45) is 3.62. The number of methoxy groups -OCH3 is 1. The van der Waals surface area contributed by atoms with Gasteiger partial charge in [0.15, 0.2) is 0 Å². The molecule has 0 spiro atoms. The number of nitrogens with one attached hydrogen (secondary N) is 1. The minimum absolute atomic E-state index is 0.349. The van der Waals surface area contributed by atoms with E-state index in [-0.39, 0.29) is 5.97 Å². The predicted octanol–water partition coefficient (Wildman–Crippen LogP) is 1.82. The number of nitrogens with zero attached hydrogens (tertiary/aromatic N) is 2. The molecule has 2 rings (SSSR count). The van der Waals surface area contributed by atoms with Gasteiger partial charge in [-0.1, -0.05) is 12.1 Å². The Labute approximate surface area is 105 Å². The minimum atomic E-state index is -0.349. The molecule has 94 valence electrons. The van der Waals surface area contributed by atoms with Crippen LogP contribution in [0.4, 0.5) is 5.69 Å². The van der Waals surface area contributed by atoms with Crippen LogP contribution in [0, 0.1) is 0 Å². The second-order valence-electron chi connectivity index (χ2n) is 3.85. The molecule has 0 aliphatic carbocycles. The van der Waals surface area contributed by atoms with Crippen molar-refractivity contribution in [3.05, 3.63) is 48.0 Å². The lowest BCUT2D eigenvalue weighted by atomic mass is 10.2. The Kier molecular flexibility index (Phi) is 3.62. The fourth-order valence-electron chi connectivity index (χ4n) is 1.67. The van der Waals surface area contributed by atoms with Gasteiger partial charge in [-0.15, -0.1) is 0 Å². The van der Waals surface area contributed by atoms with Crippen LogP contribution in [0.3, 0.4) is 0 Å². The quantitative estimate of drug-likeness (QED) is 0.835. The van der Waals surface area contributed by atoms with Gasteiger partial charge in [0.05, 0.1) is 19.2 Å². The van der Waals surface area contributed by atoms with Crippen LogP contribution in [-0.4, -0.2) is 22.6 Å².